The third-order valence-corrected chi connectivity index (χ3v) is 9.37. The predicted octanol–water partition coefficient (Wildman–Crippen LogP) is 5.94. The van der Waals surface area contributed by atoms with Crippen LogP contribution in [0.25, 0.3) is 0 Å². The van der Waals surface area contributed by atoms with Crippen molar-refractivity contribution in [1.82, 2.24) is 10.2 Å². The van der Waals surface area contributed by atoms with Gasteiger partial charge in [0.1, 0.15) is 6.04 Å². The molecule has 1 saturated carbocycles. The molecule has 0 radical (unpaired) electrons. The number of hydrogen-bond donors (Lipinski definition) is 1. The molecule has 0 spiro atoms. The van der Waals surface area contributed by atoms with Crippen LogP contribution in [0.4, 0.5) is 5.69 Å². The molecular formula is C35H45N3O4S. The first-order valence-electron chi connectivity index (χ1n) is 15.3. The van der Waals surface area contributed by atoms with Gasteiger partial charge in [0.15, 0.2) is 0 Å². The van der Waals surface area contributed by atoms with Crippen molar-refractivity contribution >= 4 is 27.5 Å². The maximum absolute atomic E-state index is 14.1. The molecule has 1 aliphatic rings. The zero-order chi connectivity index (χ0) is 30.8. The molecule has 1 unspecified atom stereocenters. The Labute approximate surface area is 257 Å². The molecule has 0 saturated heterocycles. The Hall–Kier alpha value is -3.65. The number of carbonyl (C=O) groups excluding carboxylic acids is 2. The van der Waals surface area contributed by atoms with Gasteiger partial charge < -0.3 is 10.2 Å². The Morgan fingerprint density at radius 2 is 1.56 bits per heavy atom. The fourth-order valence-corrected chi connectivity index (χ4v) is 6.95. The van der Waals surface area contributed by atoms with Gasteiger partial charge in [-0.1, -0.05) is 97.6 Å². The summed E-state index contributed by atoms with van der Waals surface area (Å²) in [5, 5.41) is 3.27. The van der Waals surface area contributed by atoms with Crippen molar-refractivity contribution in [1.29, 1.82) is 0 Å². The van der Waals surface area contributed by atoms with Crippen LogP contribution in [0.3, 0.4) is 0 Å². The number of carbonyl (C=O) groups is 2. The average Bonchev–Trinajstić information content (AvgIpc) is 2.98. The number of anilines is 1. The van der Waals surface area contributed by atoms with E-state index < -0.39 is 16.1 Å². The lowest BCUT2D eigenvalue weighted by molar-refractivity contribution is -0.141. The van der Waals surface area contributed by atoms with E-state index in [9.17, 15) is 18.0 Å². The van der Waals surface area contributed by atoms with Crippen molar-refractivity contribution in [3.05, 3.63) is 101 Å². The van der Waals surface area contributed by atoms with Gasteiger partial charge in [0.05, 0.1) is 11.9 Å². The third kappa shape index (κ3) is 9.42. The van der Waals surface area contributed by atoms with Gasteiger partial charge in [-0.3, -0.25) is 13.9 Å². The summed E-state index contributed by atoms with van der Waals surface area (Å²) in [6.45, 7) is 4.36. The maximum atomic E-state index is 14.1. The van der Waals surface area contributed by atoms with E-state index in [4.69, 9.17) is 0 Å². The summed E-state index contributed by atoms with van der Waals surface area (Å²) in [4.78, 5) is 29.7. The number of nitrogens with one attached hydrogen (secondary N) is 1. The molecule has 0 bridgehead atoms. The molecule has 1 aliphatic carbocycles. The van der Waals surface area contributed by atoms with E-state index in [1.54, 1.807) is 11.0 Å². The summed E-state index contributed by atoms with van der Waals surface area (Å²) in [6, 6.07) is 24.6. The van der Waals surface area contributed by atoms with Crippen molar-refractivity contribution in [2.75, 3.05) is 17.1 Å². The molecule has 43 heavy (non-hydrogen) atoms. The van der Waals surface area contributed by atoms with E-state index in [0.29, 0.717) is 25.1 Å². The first-order valence-corrected chi connectivity index (χ1v) is 17.2. The number of amides is 2. The van der Waals surface area contributed by atoms with Gasteiger partial charge in [0.2, 0.25) is 21.8 Å². The Morgan fingerprint density at radius 3 is 2.23 bits per heavy atom. The second kappa shape index (κ2) is 15.2. The average molecular weight is 604 g/mol. The van der Waals surface area contributed by atoms with Crippen LogP contribution in [0.5, 0.6) is 0 Å². The molecule has 2 amide bonds. The third-order valence-electron chi connectivity index (χ3n) is 8.19. The largest absolute Gasteiger partial charge is 0.352 e. The zero-order valence-corrected chi connectivity index (χ0v) is 26.5. The highest BCUT2D eigenvalue weighted by molar-refractivity contribution is 7.92. The Morgan fingerprint density at radius 1 is 0.884 bits per heavy atom. The van der Waals surface area contributed by atoms with Gasteiger partial charge in [-0.05, 0) is 55.9 Å². The lowest BCUT2D eigenvalue weighted by Crippen LogP contribution is -2.53. The molecule has 0 heterocycles. The minimum absolute atomic E-state index is 0.117. The smallest absolute Gasteiger partial charge is 0.243 e. The van der Waals surface area contributed by atoms with Gasteiger partial charge in [-0.2, -0.15) is 0 Å². The lowest BCUT2D eigenvalue weighted by Gasteiger charge is -2.34. The van der Waals surface area contributed by atoms with Gasteiger partial charge in [-0.15, -0.1) is 0 Å². The second-order valence-corrected chi connectivity index (χ2v) is 13.7. The summed E-state index contributed by atoms with van der Waals surface area (Å²) in [7, 11) is -3.55. The van der Waals surface area contributed by atoms with Crippen LogP contribution in [0.2, 0.25) is 0 Å². The quantitative estimate of drug-likeness (QED) is 0.262. The number of sulfonamides is 1. The fourth-order valence-electron chi connectivity index (χ4n) is 5.93. The number of hydrogen-bond acceptors (Lipinski definition) is 4. The normalized spacial score (nSPS) is 14.6. The van der Waals surface area contributed by atoms with Crippen molar-refractivity contribution in [2.45, 2.75) is 83.8 Å². The fraction of sp³-hybridized carbons (Fsp3) is 0.429. The van der Waals surface area contributed by atoms with E-state index in [2.05, 4.69) is 5.32 Å². The monoisotopic (exact) mass is 603 g/mol. The summed E-state index contributed by atoms with van der Waals surface area (Å²) >= 11 is 0. The number of nitrogens with zero attached hydrogens (tertiary/aromatic N) is 2. The van der Waals surface area contributed by atoms with Crippen molar-refractivity contribution < 1.29 is 18.0 Å². The molecule has 4 rings (SSSR count). The van der Waals surface area contributed by atoms with Crippen molar-refractivity contribution in [3.63, 3.8) is 0 Å². The van der Waals surface area contributed by atoms with Gasteiger partial charge in [0.25, 0.3) is 0 Å². The zero-order valence-electron chi connectivity index (χ0n) is 25.7. The van der Waals surface area contributed by atoms with Crippen LogP contribution in [0, 0.1) is 13.8 Å². The minimum Gasteiger partial charge on any atom is -0.352 e. The maximum Gasteiger partial charge on any atom is 0.243 e. The number of benzene rings is 3. The number of rotatable bonds is 13. The van der Waals surface area contributed by atoms with E-state index >= 15 is 0 Å². The van der Waals surface area contributed by atoms with Crippen LogP contribution >= 0.6 is 0 Å². The Bertz CT molecular complexity index is 1470. The SMILES string of the molecule is Cc1cccc(CN(C(=O)CCCN(c2ccccc2C)S(C)(=O)=O)C(Cc2ccccc2)C(=O)NC2CCCCC2)c1. The highest BCUT2D eigenvalue weighted by atomic mass is 32.2. The van der Waals surface area contributed by atoms with Crippen LogP contribution in [-0.2, 0) is 32.6 Å². The summed E-state index contributed by atoms with van der Waals surface area (Å²) < 4.78 is 26.8. The van der Waals surface area contributed by atoms with E-state index in [0.717, 1.165) is 47.9 Å². The summed E-state index contributed by atoms with van der Waals surface area (Å²) in [5.41, 5.74) is 4.48. The van der Waals surface area contributed by atoms with Crippen LogP contribution < -0.4 is 9.62 Å². The molecule has 3 aromatic carbocycles. The topological polar surface area (TPSA) is 86.8 Å². The van der Waals surface area contributed by atoms with Crippen molar-refractivity contribution in [3.8, 4) is 0 Å². The first-order chi connectivity index (χ1) is 20.6. The molecular weight excluding hydrogens is 558 g/mol. The minimum atomic E-state index is -3.55. The van der Waals surface area contributed by atoms with Gasteiger partial charge in [-0.25, -0.2) is 8.42 Å². The number of para-hydroxylation sites is 1. The number of aryl methyl sites for hydroxylation is 2. The van der Waals surface area contributed by atoms with E-state index in [1.807, 2.05) is 86.6 Å². The molecule has 1 N–H and O–H groups in total. The Kier molecular flexibility index (Phi) is 11.4. The molecule has 230 valence electrons. The molecule has 7 nitrogen and oxygen atoms in total. The standard InChI is InChI=1S/C35H45N3O4S/c1-27-14-12-18-30(24-27)26-37(34(39)22-13-23-38(43(3,41)42)32-21-11-10-15-28(32)2)33(25-29-16-6-4-7-17-29)35(40)36-31-19-8-5-9-20-31/h4,6-7,10-12,14-18,21,24,31,33H,5,8-9,13,19-20,22-23,25-26H2,1-3H3,(H,36,40). The summed E-state index contributed by atoms with van der Waals surface area (Å²) in [5.74, 6) is -0.297. The molecule has 0 aromatic heterocycles. The first kappa shape index (κ1) is 32.3. The predicted molar refractivity (Wildman–Crippen MR) is 173 cm³/mol. The van der Waals surface area contributed by atoms with Crippen LogP contribution in [0.15, 0.2) is 78.9 Å². The van der Waals surface area contributed by atoms with Crippen LogP contribution in [-0.4, -0.2) is 50.0 Å². The van der Waals surface area contributed by atoms with Gasteiger partial charge in [0, 0.05) is 32.0 Å². The van der Waals surface area contributed by atoms with Gasteiger partial charge >= 0.3 is 0 Å². The molecule has 0 aliphatic heterocycles. The van der Waals surface area contributed by atoms with E-state index in [1.165, 1.54) is 17.0 Å². The van der Waals surface area contributed by atoms with Crippen LogP contribution in [0.1, 0.15) is 67.2 Å². The molecule has 8 heteroatoms. The highest BCUT2D eigenvalue weighted by Gasteiger charge is 2.32. The highest BCUT2D eigenvalue weighted by Crippen LogP contribution is 2.24. The second-order valence-electron chi connectivity index (χ2n) is 11.8. The Balaban J connectivity index is 1.59. The van der Waals surface area contributed by atoms with E-state index in [-0.39, 0.29) is 30.8 Å². The molecule has 1 atom stereocenters. The molecule has 1 fully saturated rings. The lowest BCUT2D eigenvalue weighted by atomic mass is 9.94. The van der Waals surface area contributed by atoms with Crippen molar-refractivity contribution in [2.24, 2.45) is 0 Å². The summed E-state index contributed by atoms with van der Waals surface area (Å²) in [6.07, 6.45) is 7.32. The molecule has 3 aromatic rings.